The van der Waals surface area contributed by atoms with Crippen LogP contribution in [0.1, 0.15) is 37.8 Å². The molecule has 118 valence electrons. The number of halogens is 2. The lowest BCUT2D eigenvalue weighted by Crippen LogP contribution is -2.36. The van der Waals surface area contributed by atoms with Gasteiger partial charge in [-0.15, -0.1) is 12.4 Å². The maximum Gasteiger partial charge on any atom is 0.123 e. The molecule has 1 aromatic carbocycles. The van der Waals surface area contributed by atoms with Crippen molar-refractivity contribution in [3.05, 3.63) is 35.6 Å². The summed E-state index contributed by atoms with van der Waals surface area (Å²) in [5.41, 5.74) is 1.16. The fraction of sp³-hybridized carbons (Fsp3) is 0.647. The lowest BCUT2D eigenvalue weighted by Gasteiger charge is -2.31. The average Bonchev–Trinajstić information content (AvgIpc) is 2.81. The van der Waals surface area contributed by atoms with Gasteiger partial charge in [0.2, 0.25) is 0 Å². The molecule has 2 heterocycles. The van der Waals surface area contributed by atoms with Gasteiger partial charge < -0.3 is 5.32 Å². The molecule has 0 spiro atoms. The van der Waals surface area contributed by atoms with Crippen LogP contribution in [-0.4, -0.2) is 31.1 Å². The molecule has 2 atom stereocenters. The largest absolute Gasteiger partial charge is 0.317 e. The first-order valence-corrected chi connectivity index (χ1v) is 7.92. The quantitative estimate of drug-likeness (QED) is 0.917. The molecule has 3 rings (SSSR count). The zero-order valence-corrected chi connectivity index (χ0v) is 13.5. The summed E-state index contributed by atoms with van der Waals surface area (Å²) in [5, 5.41) is 3.43. The number of benzene rings is 1. The number of rotatable bonds is 3. The summed E-state index contributed by atoms with van der Waals surface area (Å²) < 4.78 is 13.5. The first-order valence-electron chi connectivity index (χ1n) is 7.92. The molecule has 2 fully saturated rings. The molecule has 1 aromatic rings. The Bertz CT molecular complexity index is 448. The van der Waals surface area contributed by atoms with Crippen LogP contribution in [0.3, 0.4) is 0 Å². The molecule has 0 radical (unpaired) electrons. The lowest BCUT2D eigenvalue weighted by molar-refractivity contribution is 0.190. The number of hydrogen-bond donors (Lipinski definition) is 1. The molecule has 2 nitrogen and oxygen atoms in total. The van der Waals surface area contributed by atoms with Crippen LogP contribution in [-0.2, 0) is 0 Å². The third-order valence-electron chi connectivity index (χ3n) is 4.80. The molecule has 2 aliphatic rings. The van der Waals surface area contributed by atoms with Gasteiger partial charge in [0.15, 0.2) is 0 Å². The highest BCUT2D eigenvalue weighted by atomic mass is 35.5. The molecular formula is C17H26ClFN2. The van der Waals surface area contributed by atoms with Crippen molar-refractivity contribution < 1.29 is 4.39 Å². The molecule has 4 heteroatoms. The smallest absolute Gasteiger partial charge is 0.123 e. The maximum absolute atomic E-state index is 13.5. The SMILES string of the molecule is CC1CC(c2cccc(F)c2)N(CC2CCNCC2)C1.Cl. The fourth-order valence-electron chi connectivity index (χ4n) is 3.79. The second-order valence-electron chi connectivity index (χ2n) is 6.56. The summed E-state index contributed by atoms with van der Waals surface area (Å²) in [4.78, 5) is 2.59. The van der Waals surface area contributed by atoms with E-state index in [0.29, 0.717) is 12.0 Å². The predicted octanol–water partition coefficient (Wildman–Crippen LogP) is 3.63. The van der Waals surface area contributed by atoms with Crippen LogP contribution in [0.15, 0.2) is 24.3 Å². The van der Waals surface area contributed by atoms with E-state index in [-0.39, 0.29) is 18.2 Å². The topological polar surface area (TPSA) is 15.3 Å². The molecule has 0 aromatic heterocycles. The van der Waals surface area contributed by atoms with E-state index in [1.807, 2.05) is 6.07 Å². The van der Waals surface area contributed by atoms with Gasteiger partial charge in [-0.1, -0.05) is 19.1 Å². The van der Waals surface area contributed by atoms with Crippen molar-refractivity contribution in [3.63, 3.8) is 0 Å². The van der Waals surface area contributed by atoms with E-state index < -0.39 is 0 Å². The molecule has 0 aliphatic carbocycles. The molecule has 0 bridgehead atoms. The summed E-state index contributed by atoms with van der Waals surface area (Å²) in [7, 11) is 0. The molecule has 2 aliphatic heterocycles. The van der Waals surface area contributed by atoms with Gasteiger partial charge >= 0.3 is 0 Å². The van der Waals surface area contributed by atoms with Crippen LogP contribution in [0.5, 0.6) is 0 Å². The van der Waals surface area contributed by atoms with Crippen molar-refractivity contribution in [2.24, 2.45) is 11.8 Å². The predicted molar refractivity (Wildman–Crippen MR) is 87.3 cm³/mol. The zero-order valence-electron chi connectivity index (χ0n) is 12.7. The van der Waals surface area contributed by atoms with E-state index >= 15 is 0 Å². The van der Waals surface area contributed by atoms with E-state index in [4.69, 9.17) is 0 Å². The Morgan fingerprint density at radius 3 is 2.76 bits per heavy atom. The molecule has 0 saturated carbocycles. The Balaban J connectivity index is 0.00000161. The molecule has 1 N–H and O–H groups in total. The van der Waals surface area contributed by atoms with Gasteiger partial charge in [0.05, 0.1) is 0 Å². The highest BCUT2D eigenvalue weighted by Crippen LogP contribution is 2.36. The summed E-state index contributed by atoms with van der Waals surface area (Å²) in [6, 6.07) is 7.60. The summed E-state index contributed by atoms with van der Waals surface area (Å²) in [5.74, 6) is 1.41. The summed E-state index contributed by atoms with van der Waals surface area (Å²) >= 11 is 0. The van der Waals surface area contributed by atoms with E-state index in [0.717, 1.165) is 37.5 Å². The van der Waals surface area contributed by atoms with Crippen LogP contribution in [0, 0.1) is 17.7 Å². The standard InChI is InChI=1S/C17H25FN2.ClH/c1-13-9-17(15-3-2-4-16(18)10-15)20(11-13)12-14-5-7-19-8-6-14;/h2-4,10,13-14,17,19H,5-9,11-12H2,1H3;1H. The van der Waals surface area contributed by atoms with Crippen molar-refractivity contribution in [3.8, 4) is 0 Å². The Hall–Kier alpha value is -0.640. The normalized spacial score (nSPS) is 27.5. The lowest BCUT2D eigenvalue weighted by atomic mass is 9.96. The van der Waals surface area contributed by atoms with Gasteiger partial charge in [0.1, 0.15) is 5.82 Å². The van der Waals surface area contributed by atoms with Crippen LogP contribution >= 0.6 is 12.4 Å². The van der Waals surface area contributed by atoms with Gasteiger partial charge in [-0.3, -0.25) is 4.90 Å². The molecule has 21 heavy (non-hydrogen) atoms. The van der Waals surface area contributed by atoms with E-state index in [1.54, 1.807) is 12.1 Å². The second-order valence-corrected chi connectivity index (χ2v) is 6.56. The van der Waals surface area contributed by atoms with Crippen molar-refractivity contribution >= 4 is 12.4 Å². The Labute approximate surface area is 133 Å². The number of nitrogens with one attached hydrogen (secondary N) is 1. The van der Waals surface area contributed by atoms with Crippen LogP contribution < -0.4 is 5.32 Å². The fourth-order valence-corrected chi connectivity index (χ4v) is 3.79. The Kier molecular flexibility index (Phi) is 6.03. The Morgan fingerprint density at radius 1 is 1.29 bits per heavy atom. The van der Waals surface area contributed by atoms with Gasteiger partial charge in [-0.2, -0.15) is 0 Å². The monoisotopic (exact) mass is 312 g/mol. The number of hydrogen-bond acceptors (Lipinski definition) is 2. The summed E-state index contributed by atoms with van der Waals surface area (Å²) in [6.07, 6.45) is 3.72. The molecule has 0 amide bonds. The number of nitrogens with zero attached hydrogens (tertiary/aromatic N) is 1. The van der Waals surface area contributed by atoms with Gasteiger partial charge in [0.25, 0.3) is 0 Å². The van der Waals surface area contributed by atoms with Crippen molar-refractivity contribution in [1.82, 2.24) is 10.2 Å². The number of piperidine rings is 1. The number of likely N-dealkylation sites (tertiary alicyclic amines) is 1. The zero-order chi connectivity index (χ0) is 13.9. The van der Waals surface area contributed by atoms with E-state index in [2.05, 4.69) is 23.2 Å². The average molecular weight is 313 g/mol. The first-order chi connectivity index (χ1) is 9.72. The van der Waals surface area contributed by atoms with Crippen LogP contribution in [0.4, 0.5) is 4.39 Å². The highest BCUT2D eigenvalue weighted by Gasteiger charge is 2.32. The van der Waals surface area contributed by atoms with E-state index in [9.17, 15) is 4.39 Å². The van der Waals surface area contributed by atoms with Crippen molar-refractivity contribution in [2.45, 2.75) is 32.2 Å². The maximum atomic E-state index is 13.5. The molecule has 2 saturated heterocycles. The minimum absolute atomic E-state index is 0. The second kappa shape index (κ2) is 7.57. The van der Waals surface area contributed by atoms with Gasteiger partial charge in [-0.25, -0.2) is 4.39 Å². The molecular weight excluding hydrogens is 287 g/mol. The van der Waals surface area contributed by atoms with Crippen molar-refractivity contribution in [2.75, 3.05) is 26.2 Å². The molecule has 2 unspecified atom stereocenters. The van der Waals surface area contributed by atoms with E-state index in [1.165, 1.54) is 19.4 Å². The Morgan fingerprint density at radius 2 is 2.05 bits per heavy atom. The van der Waals surface area contributed by atoms with Crippen LogP contribution in [0.25, 0.3) is 0 Å². The highest BCUT2D eigenvalue weighted by molar-refractivity contribution is 5.85. The van der Waals surface area contributed by atoms with Gasteiger partial charge in [0, 0.05) is 19.1 Å². The van der Waals surface area contributed by atoms with Crippen molar-refractivity contribution in [1.29, 1.82) is 0 Å². The van der Waals surface area contributed by atoms with Crippen LogP contribution in [0.2, 0.25) is 0 Å². The third-order valence-corrected chi connectivity index (χ3v) is 4.80. The third kappa shape index (κ3) is 4.18. The summed E-state index contributed by atoms with van der Waals surface area (Å²) in [6.45, 7) is 6.95. The van der Waals surface area contributed by atoms with Gasteiger partial charge in [-0.05, 0) is 61.9 Å². The first kappa shape index (κ1) is 16.7. The minimum Gasteiger partial charge on any atom is -0.317 e. The minimum atomic E-state index is -0.108.